The first-order chi connectivity index (χ1) is 11.9. The number of carbonyl (C=O) groups excluding carboxylic acids is 2. The van der Waals surface area contributed by atoms with Gasteiger partial charge in [0, 0.05) is 25.2 Å². The van der Waals surface area contributed by atoms with Gasteiger partial charge in [-0.25, -0.2) is 13.6 Å². The molecule has 0 saturated carbocycles. The van der Waals surface area contributed by atoms with E-state index < -0.39 is 23.6 Å². The van der Waals surface area contributed by atoms with Gasteiger partial charge in [0.15, 0.2) is 0 Å². The summed E-state index contributed by atoms with van der Waals surface area (Å²) in [4.78, 5) is 22.9. The fourth-order valence-electron chi connectivity index (χ4n) is 2.26. The fraction of sp³-hybridized carbons (Fsp3) is 0.222. The minimum Gasteiger partial charge on any atom is -0.465 e. The lowest BCUT2D eigenvalue weighted by Gasteiger charge is -2.11. The van der Waals surface area contributed by atoms with Crippen LogP contribution in [0.15, 0.2) is 36.4 Å². The summed E-state index contributed by atoms with van der Waals surface area (Å²) in [6.07, 6.45) is 0.383. The van der Waals surface area contributed by atoms with E-state index >= 15 is 0 Å². The van der Waals surface area contributed by atoms with Crippen LogP contribution in [0.1, 0.15) is 22.8 Å². The van der Waals surface area contributed by atoms with Crippen LogP contribution in [-0.4, -0.2) is 25.6 Å². The van der Waals surface area contributed by atoms with Gasteiger partial charge >= 0.3 is 11.9 Å². The van der Waals surface area contributed by atoms with Gasteiger partial charge < -0.3 is 14.8 Å². The zero-order chi connectivity index (χ0) is 18.4. The number of benzene rings is 2. The van der Waals surface area contributed by atoms with Gasteiger partial charge in [-0.2, -0.15) is 0 Å². The van der Waals surface area contributed by atoms with Gasteiger partial charge in [-0.1, -0.05) is 0 Å². The van der Waals surface area contributed by atoms with Crippen LogP contribution in [0.3, 0.4) is 0 Å². The molecule has 0 unspecified atom stereocenters. The van der Waals surface area contributed by atoms with Gasteiger partial charge in [0.1, 0.15) is 22.9 Å². The summed E-state index contributed by atoms with van der Waals surface area (Å²) in [6.45, 7) is 1.61. The topological polar surface area (TPSA) is 64.6 Å². The zero-order valence-electron chi connectivity index (χ0n) is 13.8. The lowest BCUT2D eigenvalue weighted by molar-refractivity contribution is -0.131. The monoisotopic (exact) mass is 349 g/mol. The quantitative estimate of drug-likeness (QED) is 0.640. The maximum Gasteiger partial charge on any atom is 0.341 e. The molecule has 0 aromatic heterocycles. The van der Waals surface area contributed by atoms with Crippen LogP contribution in [0, 0.1) is 11.6 Å². The standard InChI is InChI=1S/C18H17F2NO4/c1-11(22)25-17-4-3-15(10-16(17)18(23)24-2)21-6-5-12-7-13(19)9-14(20)8-12/h3-4,7-10,21H,5-6H2,1-2H3. The van der Waals surface area contributed by atoms with Crippen molar-refractivity contribution in [2.75, 3.05) is 19.0 Å². The molecule has 0 heterocycles. The van der Waals surface area contributed by atoms with E-state index in [9.17, 15) is 18.4 Å². The molecular formula is C18H17F2NO4. The maximum atomic E-state index is 13.2. The van der Waals surface area contributed by atoms with E-state index in [-0.39, 0.29) is 11.3 Å². The van der Waals surface area contributed by atoms with Crippen molar-refractivity contribution in [2.45, 2.75) is 13.3 Å². The molecule has 2 aromatic rings. The summed E-state index contributed by atoms with van der Waals surface area (Å²) in [5.41, 5.74) is 1.18. The van der Waals surface area contributed by atoms with Crippen molar-refractivity contribution in [1.29, 1.82) is 0 Å². The highest BCUT2D eigenvalue weighted by atomic mass is 19.1. The molecule has 0 radical (unpaired) electrons. The van der Waals surface area contributed by atoms with E-state index in [1.54, 1.807) is 6.07 Å². The largest absolute Gasteiger partial charge is 0.465 e. The Morgan fingerprint density at radius 2 is 1.76 bits per heavy atom. The molecule has 0 bridgehead atoms. The van der Waals surface area contributed by atoms with Crippen LogP contribution in [0.4, 0.5) is 14.5 Å². The highest BCUT2D eigenvalue weighted by Gasteiger charge is 2.15. The summed E-state index contributed by atoms with van der Waals surface area (Å²) in [5.74, 6) is -2.37. The molecule has 0 fully saturated rings. The average molecular weight is 349 g/mol. The normalized spacial score (nSPS) is 10.2. The van der Waals surface area contributed by atoms with Gasteiger partial charge in [0.2, 0.25) is 0 Å². The molecule has 2 aromatic carbocycles. The van der Waals surface area contributed by atoms with E-state index in [1.165, 1.54) is 38.3 Å². The molecule has 0 saturated heterocycles. The van der Waals surface area contributed by atoms with E-state index in [0.29, 0.717) is 24.2 Å². The maximum absolute atomic E-state index is 13.2. The van der Waals surface area contributed by atoms with Crippen LogP contribution in [0.2, 0.25) is 0 Å². The lowest BCUT2D eigenvalue weighted by atomic mass is 10.1. The Labute approximate surface area is 143 Å². The molecule has 0 atom stereocenters. The third-order valence-electron chi connectivity index (χ3n) is 3.30. The second-order valence-corrected chi connectivity index (χ2v) is 5.25. The summed E-state index contributed by atoms with van der Waals surface area (Å²) in [5, 5.41) is 3.04. The lowest BCUT2D eigenvalue weighted by Crippen LogP contribution is -2.11. The van der Waals surface area contributed by atoms with Crippen molar-refractivity contribution >= 4 is 17.6 Å². The Morgan fingerprint density at radius 3 is 2.36 bits per heavy atom. The van der Waals surface area contributed by atoms with E-state index in [2.05, 4.69) is 10.1 Å². The molecule has 1 N–H and O–H groups in total. The molecule has 0 aliphatic heterocycles. The average Bonchev–Trinajstić information content (AvgIpc) is 2.54. The Kier molecular flexibility index (Phi) is 6.05. The van der Waals surface area contributed by atoms with Crippen molar-refractivity contribution < 1.29 is 27.8 Å². The van der Waals surface area contributed by atoms with Crippen LogP contribution in [0.5, 0.6) is 5.75 Å². The van der Waals surface area contributed by atoms with Crippen molar-refractivity contribution in [1.82, 2.24) is 0 Å². The number of methoxy groups -OCH3 is 1. The molecule has 5 nitrogen and oxygen atoms in total. The summed E-state index contributed by atoms with van der Waals surface area (Å²) in [7, 11) is 1.22. The molecule has 0 aliphatic rings. The summed E-state index contributed by atoms with van der Waals surface area (Å²) >= 11 is 0. The van der Waals surface area contributed by atoms with E-state index in [1.807, 2.05) is 0 Å². The van der Waals surface area contributed by atoms with Gasteiger partial charge in [-0.05, 0) is 42.3 Å². The number of halogens is 2. The smallest absolute Gasteiger partial charge is 0.341 e. The van der Waals surface area contributed by atoms with Crippen LogP contribution >= 0.6 is 0 Å². The van der Waals surface area contributed by atoms with Gasteiger partial charge in [0.25, 0.3) is 0 Å². The second kappa shape index (κ2) is 8.23. The number of rotatable bonds is 6. The molecule has 2 rings (SSSR count). The summed E-state index contributed by atoms with van der Waals surface area (Å²) < 4.78 is 36.0. The minimum absolute atomic E-state index is 0.0945. The van der Waals surface area contributed by atoms with Gasteiger partial charge in [-0.15, -0.1) is 0 Å². The second-order valence-electron chi connectivity index (χ2n) is 5.25. The Balaban J connectivity index is 2.08. The number of hydrogen-bond acceptors (Lipinski definition) is 5. The molecule has 0 amide bonds. The van der Waals surface area contributed by atoms with Gasteiger partial charge in [-0.3, -0.25) is 4.79 Å². The molecule has 0 spiro atoms. The predicted octanol–water partition coefficient (Wildman–Crippen LogP) is 3.33. The summed E-state index contributed by atoms with van der Waals surface area (Å²) in [6, 6.07) is 7.90. The van der Waals surface area contributed by atoms with E-state index in [4.69, 9.17) is 4.74 Å². The molecule has 25 heavy (non-hydrogen) atoms. The first kappa shape index (κ1) is 18.4. The Bertz CT molecular complexity index is 772. The van der Waals surface area contributed by atoms with Crippen molar-refractivity contribution in [2.24, 2.45) is 0 Å². The van der Waals surface area contributed by atoms with E-state index in [0.717, 1.165) is 6.07 Å². The Morgan fingerprint density at radius 1 is 1.08 bits per heavy atom. The molecule has 7 heteroatoms. The SMILES string of the molecule is COC(=O)c1cc(NCCc2cc(F)cc(F)c2)ccc1OC(C)=O. The number of nitrogens with one attached hydrogen (secondary N) is 1. The highest BCUT2D eigenvalue weighted by Crippen LogP contribution is 2.24. The number of esters is 2. The first-order valence-electron chi connectivity index (χ1n) is 7.48. The zero-order valence-corrected chi connectivity index (χ0v) is 13.8. The molecule has 0 aliphatic carbocycles. The molecule has 132 valence electrons. The van der Waals surface area contributed by atoms with Crippen LogP contribution in [-0.2, 0) is 16.0 Å². The van der Waals surface area contributed by atoms with Crippen molar-refractivity contribution in [3.8, 4) is 5.75 Å². The Hall–Kier alpha value is -2.96. The van der Waals surface area contributed by atoms with Crippen LogP contribution < -0.4 is 10.1 Å². The first-order valence-corrected chi connectivity index (χ1v) is 7.48. The van der Waals surface area contributed by atoms with Crippen molar-refractivity contribution in [3.63, 3.8) is 0 Å². The predicted molar refractivity (Wildman–Crippen MR) is 87.6 cm³/mol. The number of hydrogen-bond donors (Lipinski definition) is 1. The van der Waals surface area contributed by atoms with Gasteiger partial charge in [0.05, 0.1) is 7.11 Å². The number of ether oxygens (including phenoxy) is 2. The third kappa shape index (κ3) is 5.27. The number of carbonyl (C=O) groups is 2. The fourth-order valence-corrected chi connectivity index (χ4v) is 2.26. The third-order valence-corrected chi connectivity index (χ3v) is 3.30. The molecular weight excluding hydrogens is 332 g/mol. The highest BCUT2D eigenvalue weighted by molar-refractivity contribution is 5.94. The van der Waals surface area contributed by atoms with Crippen molar-refractivity contribution in [3.05, 3.63) is 59.2 Å². The number of anilines is 1. The van der Waals surface area contributed by atoms with Crippen LogP contribution in [0.25, 0.3) is 0 Å². The minimum atomic E-state index is -0.646.